The Labute approximate surface area is 77.8 Å². The molecule has 1 unspecified atom stereocenters. The first-order valence-corrected chi connectivity index (χ1v) is 5.39. The molecule has 0 amide bonds. The summed E-state index contributed by atoms with van der Waals surface area (Å²) in [4.78, 5) is 3.04. The third-order valence-corrected chi connectivity index (χ3v) is 3.78. The van der Waals surface area contributed by atoms with Gasteiger partial charge in [-0.1, -0.05) is 0 Å². The van der Waals surface area contributed by atoms with E-state index in [0.29, 0.717) is 6.04 Å². The average Bonchev–Trinajstić information content (AvgIpc) is 2.44. The summed E-state index contributed by atoms with van der Waals surface area (Å²) in [7, 11) is 2.06. The molecule has 0 aromatic carbocycles. The van der Waals surface area contributed by atoms with Crippen LogP contribution in [0.15, 0.2) is 6.07 Å². The van der Waals surface area contributed by atoms with Crippen LogP contribution in [-0.2, 0) is 6.42 Å². The van der Waals surface area contributed by atoms with E-state index in [-0.39, 0.29) is 0 Å². The fourth-order valence-electron chi connectivity index (χ4n) is 1.98. The summed E-state index contributed by atoms with van der Waals surface area (Å²) in [6, 6.07) is 2.98. The Balaban J connectivity index is 2.36. The lowest BCUT2D eigenvalue weighted by Crippen LogP contribution is -2.19. The molecule has 1 atom stereocenters. The maximum atomic E-state index is 3.38. The van der Waals surface area contributed by atoms with Gasteiger partial charge in [-0.15, -0.1) is 11.3 Å². The van der Waals surface area contributed by atoms with Crippen LogP contribution in [0.2, 0.25) is 0 Å². The summed E-state index contributed by atoms with van der Waals surface area (Å²) in [6.45, 7) is 2.20. The van der Waals surface area contributed by atoms with E-state index in [1.165, 1.54) is 24.1 Å². The van der Waals surface area contributed by atoms with Crippen LogP contribution in [0.5, 0.6) is 0 Å². The van der Waals surface area contributed by atoms with Crippen molar-refractivity contribution in [3.05, 3.63) is 21.4 Å². The molecular formula is C10H15NS. The Kier molecular flexibility index (Phi) is 2.20. The van der Waals surface area contributed by atoms with Gasteiger partial charge in [-0.25, -0.2) is 0 Å². The summed E-state index contributed by atoms with van der Waals surface area (Å²) in [5, 5.41) is 3.38. The first kappa shape index (κ1) is 8.27. The van der Waals surface area contributed by atoms with Gasteiger partial charge in [-0.05, 0) is 44.9 Å². The molecule has 0 radical (unpaired) electrons. The molecule has 0 spiro atoms. The van der Waals surface area contributed by atoms with Crippen molar-refractivity contribution in [2.45, 2.75) is 32.2 Å². The molecule has 2 heteroatoms. The highest BCUT2D eigenvalue weighted by Crippen LogP contribution is 2.35. The van der Waals surface area contributed by atoms with Crippen LogP contribution in [0.4, 0.5) is 0 Å². The van der Waals surface area contributed by atoms with Gasteiger partial charge >= 0.3 is 0 Å². The third kappa shape index (κ3) is 1.29. The Bertz CT molecular complexity index is 277. The quantitative estimate of drug-likeness (QED) is 0.702. The van der Waals surface area contributed by atoms with Gasteiger partial charge in [0.15, 0.2) is 0 Å². The van der Waals surface area contributed by atoms with Gasteiger partial charge in [0.05, 0.1) is 0 Å². The van der Waals surface area contributed by atoms with Crippen molar-refractivity contribution in [1.82, 2.24) is 5.32 Å². The van der Waals surface area contributed by atoms with Crippen LogP contribution in [-0.4, -0.2) is 7.05 Å². The van der Waals surface area contributed by atoms with Crippen LogP contribution in [0.3, 0.4) is 0 Å². The van der Waals surface area contributed by atoms with Gasteiger partial charge in [-0.3, -0.25) is 0 Å². The second-order valence-corrected chi connectivity index (χ2v) is 4.77. The molecule has 1 nitrogen and oxygen atoms in total. The predicted molar refractivity (Wildman–Crippen MR) is 53.8 cm³/mol. The lowest BCUT2D eigenvalue weighted by Gasteiger charge is -2.21. The van der Waals surface area contributed by atoms with Crippen molar-refractivity contribution >= 4 is 11.3 Å². The van der Waals surface area contributed by atoms with Gasteiger partial charge < -0.3 is 5.32 Å². The van der Waals surface area contributed by atoms with Gasteiger partial charge in [-0.2, -0.15) is 0 Å². The van der Waals surface area contributed by atoms with Crippen molar-refractivity contribution in [2.24, 2.45) is 0 Å². The molecule has 2 rings (SSSR count). The van der Waals surface area contributed by atoms with E-state index in [2.05, 4.69) is 25.4 Å². The average molecular weight is 181 g/mol. The molecule has 0 saturated carbocycles. The normalized spacial score (nSPS) is 22.3. The van der Waals surface area contributed by atoms with Gasteiger partial charge in [0, 0.05) is 15.8 Å². The van der Waals surface area contributed by atoms with Gasteiger partial charge in [0.2, 0.25) is 0 Å². The highest BCUT2D eigenvalue weighted by atomic mass is 32.1. The summed E-state index contributed by atoms with van der Waals surface area (Å²) >= 11 is 1.96. The first-order chi connectivity index (χ1) is 5.81. The van der Waals surface area contributed by atoms with E-state index in [4.69, 9.17) is 0 Å². The van der Waals surface area contributed by atoms with Crippen molar-refractivity contribution in [1.29, 1.82) is 0 Å². The minimum atomic E-state index is 0.632. The number of aryl methyl sites for hydroxylation is 2. The van der Waals surface area contributed by atoms with E-state index in [9.17, 15) is 0 Å². The SMILES string of the molecule is CNC1CCCc2cc(C)sc21. The van der Waals surface area contributed by atoms with Crippen LogP contribution in [0, 0.1) is 6.92 Å². The van der Waals surface area contributed by atoms with E-state index < -0.39 is 0 Å². The van der Waals surface area contributed by atoms with E-state index in [1.807, 2.05) is 11.3 Å². The molecule has 0 saturated heterocycles. The first-order valence-electron chi connectivity index (χ1n) is 4.57. The van der Waals surface area contributed by atoms with Gasteiger partial charge in [0.1, 0.15) is 0 Å². The lowest BCUT2D eigenvalue weighted by atomic mass is 9.95. The standard InChI is InChI=1S/C10H15NS/c1-7-6-8-4-3-5-9(11-2)10(8)12-7/h6,9,11H,3-5H2,1-2H3. The van der Waals surface area contributed by atoms with Crippen LogP contribution < -0.4 is 5.32 Å². The molecule has 0 aliphatic heterocycles. The summed E-state index contributed by atoms with van der Waals surface area (Å²) in [5.74, 6) is 0. The van der Waals surface area contributed by atoms with Crippen molar-refractivity contribution in [3.8, 4) is 0 Å². The van der Waals surface area contributed by atoms with Crippen LogP contribution in [0.1, 0.15) is 34.2 Å². The summed E-state index contributed by atoms with van der Waals surface area (Å²) in [5.41, 5.74) is 1.59. The van der Waals surface area contributed by atoms with E-state index in [0.717, 1.165) is 0 Å². The molecule has 0 fully saturated rings. The molecule has 0 bridgehead atoms. The third-order valence-electron chi connectivity index (χ3n) is 2.57. The summed E-state index contributed by atoms with van der Waals surface area (Å²) < 4.78 is 0. The fraction of sp³-hybridized carbons (Fsp3) is 0.600. The maximum absolute atomic E-state index is 3.38. The highest BCUT2D eigenvalue weighted by molar-refractivity contribution is 7.12. The van der Waals surface area contributed by atoms with Crippen molar-refractivity contribution in [2.75, 3.05) is 7.05 Å². The zero-order valence-corrected chi connectivity index (χ0v) is 8.50. The largest absolute Gasteiger partial charge is 0.312 e. The molecule has 1 aromatic rings. The lowest BCUT2D eigenvalue weighted by molar-refractivity contribution is 0.506. The number of fused-ring (bicyclic) bond motifs is 1. The van der Waals surface area contributed by atoms with Crippen LogP contribution >= 0.6 is 11.3 Å². The topological polar surface area (TPSA) is 12.0 Å². The maximum Gasteiger partial charge on any atom is 0.0415 e. The molecule has 1 aromatic heterocycles. The molecule has 1 aliphatic rings. The van der Waals surface area contributed by atoms with E-state index >= 15 is 0 Å². The summed E-state index contributed by atoms with van der Waals surface area (Å²) in [6.07, 6.45) is 3.94. The van der Waals surface area contributed by atoms with Crippen molar-refractivity contribution < 1.29 is 0 Å². The highest BCUT2D eigenvalue weighted by Gasteiger charge is 2.20. The van der Waals surface area contributed by atoms with E-state index in [1.54, 1.807) is 10.4 Å². The fourth-order valence-corrected chi connectivity index (χ4v) is 3.20. The number of hydrogen-bond acceptors (Lipinski definition) is 2. The predicted octanol–water partition coefficient (Wildman–Crippen LogP) is 2.65. The van der Waals surface area contributed by atoms with Crippen molar-refractivity contribution in [3.63, 3.8) is 0 Å². The molecule has 1 N–H and O–H groups in total. The zero-order valence-electron chi connectivity index (χ0n) is 7.68. The second-order valence-electron chi connectivity index (χ2n) is 3.48. The number of hydrogen-bond donors (Lipinski definition) is 1. The number of thiophene rings is 1. The Morgan fingerprint density at radius 1 is 1.58 bits per heavy atom. The smallest absolute Gasteiger partial charge is 0.0415 e. The number of rotatable bonds is 1. The second kappa shape index (κ2) is 3.19. The molecule has 1 aliphatic carbocycles. The minimum absolute atomic E-state index is 0.632. The minimum Gasteiger partial charge on any atom is -0.312 e. The Morgan fingerprint density at radius 3 is 3.17 bits per heavy atom. The Hall–Kier alpha value is -0.340. The molecule has 1 heterocycles. The van der Waals surface area contributed by atoms with Gasteiger partial charge in [0.25, 0.3) is 0 Å². The zero-order chi connectivity index (χ0) is 8.55. The van der Waals surface area contributed by atoms with Crippen LogP contribution in [0.25, 0.3) is 0 Å². The molecular weight excluding hydrogens is 166 g/mol. The Morgan fingerprint density at radius 2 is 2.42 bits per heavy atom. The number of nitrogens with one attached hydrogen (secondary N) is 1. The molecule has 66 valence electrons. The monoisotopic (exact) mass is 181 g/mol. The molecule has 12 heavy (non-hydrogen) atoms.